The summed E-state index contributed by atoms with van der Waals surface area (Å²) in [6, 6.07) is 4.82. The second kappa shape index (κ2) is 8.28. The molecule has 3 rings (SSSR count). The number of nitrogens with one attached hydrogen (secondary N) is 2. The fraction of sp³-hybridized carbons (Fsp3) is 0.588. The molecule has 0 unspecified atom stereocenters. The van der Waals surface area contributed by atoms with Crippen LogP contribution in [0.1, 0.15) is 42.2 Å². The zero-order chi connectivity index (χ0) is 16.8. The quantitative estimate of drug-likeness (QED) is 0.623. The monoisotopic (exact) mass is 346 g/mol. The van der Waals surface area contributed by atoms with Crippen LogP contribution in [0.25, 0.3) is 0 Å². The van der Waals surface area contributed by atoms with Crippen molar-refractivity contribution in [1.29, 1.82) is 0 Å². The van der Waals surface area contributed by atoms with Gasteiger partial charge >= 0.3 is 0 Å². The van der Waals surface area contributed by atoms with Gasteiger partial charge in [-0.1, -0.05) is 18.9 Å². The van der Waals surface area contributed by atoms with Gasteiger partial charge in [0.05, 0.1) is 0 Å². The first-order valence-corrected chi connectivity index (χ1v) is 9.52. The molecule has 1 aliphatic carbocycles. The average Bonchev–Trinajstić information content (AvgIpc) is 3.31. The van der Waals surface area contributed by atoms with Crippen molar-refractivity contribution in [2.45, 2.75) is 51.6 Å². The van der Waals surface area contributed by atoms with E-state index in [0.717, 1.165) is 30.6 Å². The molecule has 0 bridgehead atoms. The molecule has 0 aromatic carbocycles. The molecule has 130 valence electrons. The smallest absolute Gasteiger partial charge is 0.191 e. The summed E-state index contributed by atoms with van der Waals surface area (Å²) in [7, 11) is 1.98. The third-order valence-corrected chi connectivity index (χ3v) is 5.44. The first-order chi connectivity index (χ1) is 11.7. The van der Waals surface area contributed by atoms with E-state index in [4.69, 9.17) is 4.99 Å². The summed E-state index contributed by atoms with van der Waals surface area (Å²) in [6.07, 6.45) is 6.10. The number of aromatic nitrogens is 3. The Labute approximate surface area is 147 Å². The lowest BCUT2D eigenvalue weighted by atomic mass is 10.2. The Kier molecular flexibility index (Phi) is 5.85. The zero-order valence-electron chi connectivity index (χ0n) is 14.5. The van der Waals surface area contributed by atoms with Crippen LogP contribution in [0.4, 0.5) is 0 Å². The van der Waals surface area contributed by atoms with Crippen molar-refractivity contribution in [3.8, 4) is 0 Å². The second-order valence-electron chi connectivity index (χ2n) is 6.27. The Bertz CT molecular complexity index is 655. The van der Waals surface area contributed by atoms with Crippen LogP contribution < -0.4 is 10.6 Å². The minimum absolute atomic E-state index is 0.540. The summed E-state index contributed by atoms with van der Waals surface area (Å²) >= 11 is 1.80. The highest BCUT2D eigenvalue weighted by atomic mass is 32.1. The van der Waals surface area contributed by atoms with Gasteiger partial charge < -0.3 is 15.2 Å². The fourth-order valence-corrected chi connectivity index (χ4v) is 3.62. The first-order valence-electron chi connectivity index (χ1n) is 8.64. The number of hydrogen-bond donors (Lipinski definition) is 2. The van der Waals surface area contributed by atoms with Gasteiger partial charge in [-0.3, -0.25) is 0 Å². The molecule has 2 aromatic rings. The Morgan fingerprint density at radius 2 is 2.21 bits per heavy atom. The predicted molar refractivity (Wildman–Crippen MR) is 98.3 cm³/mol. The van der Waals surface area contributed by atoms with Crippen molar-refractivity contribution < 1.29 is 0 Å². The highest BCUT2D eigenvalue weighted by Gasteiger charge is 2.16. The number of hydrogen-bond acceptors (Lipinski definition) is 4. The molecule has 0 aliphatic heterocycles. The maximum atomic E-state index is 4.72. The van der Waals surface area contributed by atoms with Crippen molar-refractivity contribution in [3.63, 3.8) is 0 Å². The van der Waals surface area contributed by atoms with Crippen LogP contribution in [0, 0.1) is 6.92 Å². The van der Waals surface area contributed by atoms with E-state index in [1.165, 1.54) is 30.6 Å². The van der Waals surface area contributed by atoms with E-state index < -0.39 is 0 Å². The maximum Gasteiger partial charge on any atom is 0.191 e. The maximum absolute atomic E-state index is 4.72. The van der Waals surface area contributed by atoms with E-state index in [0.29, 0.717) is 12.6 Å². The van der Waals surface area contributed by atoms with E-state index >= 15 is 0 Å². The lowest BCUT2D eigenvalue weighted by molar-refractivity contribution is 0.610. The molecule has 2 N–H and O–H groups in total. The molecule has 7 heteroatoms. The highest BCUT2D eigenvalue weighted by Crippen LogP contribution is 2.17. The third-order valence-electron chi connectivity index (χ3n) is 4.50. The van der Waals surface area contributed by atoms with Gasteiger partial charge in [0.15, 0.2) is 11.8 Å². The topological polar surface area (TPSA) is 67.1 Å². The molecular formula is C17H26N6S. The van der Waals surface area contributed by atoms with Crippen molar-refractivity contribution in [2.24, 2.45) is 12.0 Å². The van der Waals surface area contributed by atoms with E-state index in [1.807, 2.05) is 18.5 Å². The van der Waals surface area contributed by atoms with Crippen molar-refractivity contribution in [1.82, 2.24) is 25.4 Å². The zero-order valence-corrected chi connectivity index (χ0v) is 15.3. The molecule has 0 spiro atoms. The van der Waals surface area contributed by atoms with Crippen molar-refractivity contribution >= 4 is 17.3 Å². The summed E-state index contributed by atoms with van der Waals surface area (Å²) in [4.78, 5) is 6.12. The molecule has 6 nitrogen and oxygen atoms in total. The Hall–Kier alpha value is -1.89. The molecule has 0 atom stereocenters. The standard InChI is InChI=1S/C17H26N6S/c1-13-21-22-16(23(13)2)12-19-17(20-14-6-3-4-7-14)18-10-9-15-8-5-11-24-15/h5,8,11,14H,3-4,6-7,9-10,12H2,1-2H3,(H2,18,19,20). The van der Waals surface area contributed by atoms with Crippen LogP contribution in [-0.4, -0.2) is 33.3 Å². The molecule has 0 radical (unpaired) electrons. The van der Waals surface area contributed by atoms with Crippen LogP contribution in [0.3, 0.4) is 0 Å². The van der Waals surface area contributed by atoms with E-state index in [2.05, 4.69) is 38.3 Å². The van der Waals surface area contributed by atoms with Gasteiger partial charge in [0, 0.05) is 24.5 Å². The normalized spacial score (nSPS) is 15.8. The van der Waals surface area contributed by atoms with Gasteiger partial charge in [0.25, 0.3) is 0 Å². The van der Waals surface area contributed by atoms with Gasteiger partial charge in [-0.15, -0.1) is 21.5 Å². The number of nitrogens with zero attached hydrogens (tertiary/aromatic N) is 4. The van der Waals surface area contributed by atoms with Gasteiger partial charge in [0.2, 0.25) is 0 Å². The number of rotatable bonds is 6. The minimum Gasteiger partial charge on any atom is -0.356 e. The lowest BCUT2D eigenvalue weighted by Gasteiger charge is -2.17. The lowest BCUT2D eigenvalue weighted by Crippen LogP contribution is -2.43. The molecule has 1 aliphatic rings. The number of guanidine groups is 1. The molecule has 2 heterocycles. The van der Waals surface area contributed by atoms with Gasteiger partial charge in [0.1, 0.15) is 12.4 Å². The third kappa shape index (κ3) is 4.56. The summed E-state index contributed by atoms with van der Waals surface area (Å²) in [6.45, 7) is 3.38. The largest absolute Gasteiger partial charge is 0.356 e. The summed E-state index contributed by atoms with van der Waals surface area (Å²) in [5.41, 5.74) is 0. The second-order valence-corrected chi connectivity index (χ2v) is 7.30. The van der Waals surface area contributed by atoms with E-state index in [-0.39, 0.29) is 0 Å². The van der Waals surface area contributed by atoms with Crippen LogP contribution in [0.5, 0.6) is 0 Å². The number of thiophene rings is 1. The molecule has 0 saturated heterocycles. The van der Waals surface area contributed by atoms with Crippen molar-refractivity contribution in [2.75, 3.05) is 6.54 Å². The molecule has 0 amide bonds. The number of aryl methyl sites for hydroxylation is 1. The van der Waals surface area contributed by atoms with E-state index in [1.54, 1.807) is 11.3 Å². The van der Waals surface area contributed by atoms with Gasteiger partial charge in [-0.2, -0.15) is 0 Å². The first kappa shape index (κ1) is 17.0. The molecule has 24 heavy (non-hydrogen) atoms. The average molecular weight is 347 g/mol. The van der Waals surface area contributed by atoms with Gasteiger partial charge in [-0.25, -0.2) is 4.99 Å². The van der Waals surface area contributed by atoms with Gasteiger partial charge in [-0.05, 0) is 37.6 Å². The van der Waals surface area contributed by atoms with Crippen LogP contribution >= 0.6 is 11.3 Å². The molecular weight excluding hydrogens is 320 g/mol. The molecule has 2 aromatic heterocycles. The van der Waals surface area contributed by atoms with Crippen LogP contribution in [-0.2, 0) is 20.0 Å². The Morgan fingerprint density at radius 3 is 2.88 bits per heavy atom. The van der Waals surface area contributed by atoms with E-state index in [9.17, 15) is 0 Å². The summed E-state index contributed by atoms with van der Waals surface area (Å²) in [5, 5.41) is 17.5. The predicted octanol–water partition coefficient (Wildman–Crippen LogP) is 2.41. The fourth-order valence-electron chi connectivity index (χ4n) is 2.91. The minimum atomic E-state index is 0.540. The highest BCUT2D eigenvalue weighted by molar-refractivity contribution is 7.09. The SMILES string of the molecule is Cc1nnc(CN=C(NCCc2cccs2)NC2CCCC2)n1C. The van der Waals surface area contributed by atoms with Crippen molar-refractivity contribution in [3.05, 3.63) is 34.0 Å². The Morgan fingerprint density at radius 1 is 1.38 bits per heavy atom. The number of aliphatic imine (C=N–C) groups is 1. The Balaban J connectivity index is 1.59. The summed E-state index contributed by atoms with van der Waals surface area (Å²) in [5.74, 6) is 2.69. The van der Waals surface area contributed by atoms with Crippen LogP contribution in [0.2, 0.25) is 0 Å². The molecule has 1 saturated carbocycles. The molecule has 1 fully saturated rings. The summed E-state index contributed by atoms with van der Waals surface area (Å²) < 4.78 is 1.99. The van der Waals surface area contributed by atoms with Crippen LogP contribution in [0.15, 0.2) is 22.5 Å².